The Morgan fingerprint density at radius 1 is 1.44 bits per heavy atom. The third kappa shape index (κ3) is 4.10. The lowest BCUT2D eigenvalue weighted by atomic mass is 10.1. The highest BCUT2D eigenvalue weighted by Crippen LogP contribution is 2.36. The van der Waals surface area contributed by atoms with E-state index in [0.717, 1.165) is 12.5 Å². The molecule has 0 heterocycles. The van der Waals surface area contributed by atoms with Crippen LogP contribution in [0.4, 0.5) is 18.9 Å². The largest absolute Gasteiger partial charge is 0.418 e. The molecule has 0 aliphatic heterocycles. The molecular formula is C11H13ClF3N3. The van der Waals surface area contributed by atoms with Crippen LogP contribution < -0.4 is 11.1 Å². The van der Waals surface area contributed by atoms with Gasteiger partial charge in [-0.3, -0.25) is 4.99 Å². The number of hydrogen-bond acceptors (Lipinski definition) is 1. The standard InChI is InChI=1S/C11H13ClF3N3/c1-2-5-17-10(16)18-9-4-3-7(12)6-8(9)11(13,14)15/h3-4,6H,2,5H2,1H3,(H3,16,17,18). The first-order valence-electron chi connectivity index (χ1n) is 5.28. The summed E-state index contributed by atoms with van der Waals surface area (Å²) in [4.78, 5) is 3.87. The van der Waals surface area contributed by atoms with Crippen molar-refractivity contribution in [2.24, 2.45) is 10.7 Å². The van der Waals surface area contributed by atoms with Crippen LogP contribution in [-0.2, 0) is 6.18 Å². The van der Waals surface area contributed by atoms with Crippen LogP contribution >= 0.6 is 11.6 Å². The zero-order valence-electron chi connectivity index (χ0n) is 9.68. The van der Waals surface area contributed by atoms with Crippen LogP contribution in [0, 0.1) is 0 Å². The number of anilines is 1. The van der Waals surface area contributed by atoms with Crippen molar-refractivity contribution in [1.82, 2.24) is 0 Å². The van der Waals surface area contributed by atoms with Crippen LogP contribution in [0.15, 0.2) is 23.2 Å². The molecule has 0 amide bonds. The number of benzene rings is 1. The minimum atomic E-state index is -4.50. The molecule has 0 aliphatic carbocycles. The molecule has 0 spiro atoms. The van der Waals surface area contributed by atoms with E-state index in [-0.39, 0.29) is 16.7 Å². The maximum Gasteiger partial charge on any atom is 0.418 e. The van der Waals surface area contributed by atoms with Gasteiger partial charge in [0.15, 0.2) is 5.96 Å². The lowest BCUT2D eigenvalue weighted by molar-refractivity contribution is -0.136. The summed E-state index contributed by atoms with van der Waals surface area (Å²) in [5, 5.41) is 2.44. The molecule has 0 atom stereocenters. The number of nitrogens with zero attached hydrogens (tertiary/aromatic N) is 1. The molecule has 0 radical (unpaired) electrons. The summed E-state index contributed by atoms with van der Waals surface area (Å²) in [5.41, 5.74) is 4.45. The third-order valence-electron chi connectivity index (χ3n) is 2.06. The highest BCUT2D eigenvalue weighted by Gasteiger charge is 2.33. The highest BCUT2D eigenvalue weighted by molar-refractivity contribution is 6.30. The topological polar surface area (TPSA) is 50.4 Å². The lowest BCUT2D eigenvalue weighted by Gasteiger charge is -2.14. The quantitative estimate of drug-likeness (QED) is 0.657. The molecule has 100 valence electrons. The summed E-state index contributed by atoms with van der Waals surface area (Å²) in [5.74, 6) is -0.0512. The van der Waals surface area contributed by atoms with Crippen molar-refractivity contribution in [1.29, 1.82) is 0 Å². The Hall–Kier alpha value is -1.43. The maximum atomic E-state index is 12.8. The summed E-state index contributed by atoms with van der Waals surface area (Å²) in [6.45, 7) is 2.34. The maximum absolute atomic E-state index is 12.8. The van der Waals surface area contributed by atoms with E-state index in [2.05, 4.69) is 10.3 Å². The summed E-state index contributed by atoms with van der Waals surface area (Å²) < 4.78 is 38.3. The predicted molar refractivity (Wildman–Crippen MR) is 66.9 cm³/mol. The van der Waals surface area contributed by atoms with Gasteiger partial charge in [-0.15, -0.1) is 0 Å². The Labute approximate surface area is 108 Å². The molecule has 0 bridgehead atoms. The smallest absolute Gasteiger partial charge is 0.370 e. The Morgan fingerprint density at radius 3 is 2.67 bits per heavy atom. The fraction of sp³-hybridized carbons (Fsp3) is 0.364. The number of rotatable bonds is 3. The number of alkyl halides is 3. The average Bonchev–Trinajstić information content (AvgIpc) is 2.27. The molecule has 0 saturated heterocycles. The Kier molecular flexibility index (Phi) is 4.84. The summed E-state index contributed by atoms with van der Waals surface area (Å²) in [6.07, 6.45) is -3.74. The van der Waals surface area contributed by atoms with E-state index in [4.69, 9.17) is 17.3 Å². The van der Waals surface area contributed by atoms with Gasteiger partial charge in [-0.05, 0) is 24.6 Å². The van der Waals surface area contributed by atoms with E-state index in [1.54, 1.807) is 0 Å². The number of nitrogens with one attached hydrogen (secondary N) is 1. The molecule has 3 N–H and O–H groups in total. The van der Waals surface area contributed by atoms with E-state index in [1.165, 1.54) is 12.1 Å². The van der Waals surface area contributed by atoms with Gasteiger partial charge in [0.25, 0.3) is 0 Å². The monoisotopic (exact) mass is 279 g/mol. The van der Waals surface area contributed by atoms with E-state index in [1.807, 2.05) is 6.92 Å². The van der Waals surface area contributed by atoms with Crippen LogP contribution in [0.3, 0.4) is 0 Å². The van der Waals surface area contributed by atoms with E-state index in [0.29, 0.717) is 6.54 Å². The van der Waals surface area contributed by atoms with Gasteiger partial charge in [-0.25, -0.2) is 0 Å². The van der Waals surface area contributed by atoms with Crippen LogP contribution in [-0.4, -0.2) is 12.5 Å². The Bertz CT molecular complexity index is 444. The van der Waals surface area contributed by atoms with Gasteiger partial charge in [-0.2, -0.15) is 13.2 Å². The highest BCUT2D eigenvalue weighted by atomic mass is 35.5. The van der Waals surface area contributed by atoms with Crippen LogP contribution in [0.25, 0.3) is 0 Å². The van der Waals surface area contributed by atoms with Crippen LogP contribution in [0.2, 0.25) is 5.02 Å². The minimum Gasteiger partial charge on any atom is -0.370 e. The van der Waals surface area contributed by atoms with E-state index < -0.39 is 11.7 Å². The summed E-state index contributed by atoms with van der Waals surface area (Å²) >= 11 is 5.55. The normalized spacial score (nSPS) is 12.6. The number of guanidine groups is 1. The second-order valence-corrected chi connectivity index (χ2v) is 4.02. The molecule has 1 aromatic carbocycles. The number of aliphatic imine (C=N–C) groups is 1. The number of hydrogen-bond donors (Lipinski definition) is 2. The first-order valence-corrected chi connectivity index (χ1v) is 5.66. The number of halogens is 4. The van der Waals surface area contributed by atoms with Gasteiger partial charge in [0, 0.05) is 11.6 Å². The summed E-state index contributed by atoms with van der Waals surface area (Å²) in [6, 6.07) is 3.42. The van der Waals surface area contributed by atoms with Gasteiger partial charge in [0.2, 0.25) is 0 Å². The molecule has 0 unspecified atom stereocenters. The summed E-state index contributed by atoms with van der Waals surface area (Å²) in [7, 11) is 0. The SMILES string of the molecule is CCCN=C(N)Nc1ccc(Cl)cc1C(F)(F)F. The van der Waals surface area contributed by atoms with Crippen molar-refractivity contribution >= 4 is 23.2 Å². The van der Waals surface area contributed by atoms with Crippen molar-refractivity contribution in [3.05, 3.63) is 28.8 Å². The molecule has 0 aliphatic rings. The van der Waals surface area contributed by atoms with E-state index in [9.17, 15) is 13.2 Å². The van der Waals surface area contributed by atoms with Crippen LogP contribution in [0.1, 0.15) is 18.9 Å². The van der Waals surface area contributed by atoms with E-state index >= 15 is 0 Å². The second-order valence-electron chi connectivity index (χ2n) is 3.58. The predicted octanol–water partition coefficient (Wildman–Crippen LogP) is 3.50. The first kappa shape index (κ1) is 14.6. The van der Waals surface area contributed by atoms with Crippen molar-refractivity contribution in [3.63, 3.8) is 0 Å². The molecule has 0 fully saturated rings. The fourth-order valence-corrected chi connectivity index (χ4v) is 1.44. The van der Waals surface area contributed by atoms with Gasteiger partial charge in [0.1, 0.15) is 0 Å². The average molecular weight is 280 g/mol. The van der Waals surface area contributed by atoms with Crippen LogP contribution in [0.5, 0.6) is 0 Å². The van der Waals surface area contributed by atoms with Crippen molar-refractivity contribution in [3.8, 4) is 0 Å². The molecule has 7 heteroatoms. The molecule has 3 nitrogen and oxygen atoms in total. The number of nitrogens with two attached hydrogens (primary N) is 1. The Morgan fingerprint density at radius 2 is 2.11 bits per heavy atom. The first-order chi connectivity index (χ1) is 8.34. The molecule has 18 heavy (non-hydrogen) atoms. The minimum absolute atomic E-state index is 0.0111. The molecule has 1 aromatic rings. The molecule has 0 saturated carbocycles. The van der Waals surface area contributed by atoms with Crippen molar-refractivity contribution in [2.45, 2.75) is 19.5 Å². The zero-order valence-corrected chi connectivity index (χ0v) is 10.4. The van der Waals surface area contributed by atoms with Crippen molar-refractivity contribution < 1.29 is 13.2 Å². The lowest BCUT2D eigenvalue weighted by Crippen LogP contribution is -2.24. The van der Waals surface area contributed by atoms with Gasteiger partial charge < -0.3 is 11.1 Å². The molecule has 0 aromatic heterocycles. The Balaban J connectivity index is 3.02. The third-order valence-corrected chi connectivity index (χ3v) is 2.29. The van der Waals surface area contributed by atoms with Gasteiger partial charge >= 0.3 is 6.18 Å². The second kappa shape index (κ2) is 5.95. The van der Waals surface area contributed by atoms with Crippen molar-refractivity contribution in [2.75, 3.05) is 11.9 Å². The van der Waals surface area contributed by atoms with Gasteiger partial charge in [0.05, 0.1) is 11.3 Å². The zero-order chi connectivity index (χ0) is 13.8. The van der Waals surface area contributed by atoms with Gasteiger partial charge in [-0.1, -0.05) is 18.5 Å². The fourth-order valence-electron chi connectivity index (χ4n) is 1.27. The molecule has 1 rings (SSSR count). The molecular weight excluding hydrogens is 267 g/mol.